The average Bonchev–Trinajstić information content (AvgIpc) is 3.10. The number of nitrogens with one attached hydrogen (secondary N) is 2. The second kappa shape index (κ2) is 8.12. The molecule has 2 aromatic carbocycles. The van der Waals surface area contributed by atoms with Gasteiger partial charge in [-0.3, -0.25) is 4.79 Å². The summed E-state index contributed by atoms with van der Waals surface area (Å²) in [4.78, 5) is 21.0. The highest BCUT2D eigenvalue weighted by molar-refractivity contribution is 5.98. The average molecular weight is 367 g/mol. The van der Waals surface area contributed by atoms with E-state index in [0.717, 1.165) is 23.3 Å². The van der Waals surface area contributed by atoms with Gasteiger partial charge in [0.25, 0.3) is 5.91 Å². The lowest BCUT2D eigenvalue weighted by atomic mass is 10.0. The van der Waals surface area contributed by atoms with Gasteiger partial charge in [-0.25, -0.2) is 4.98 Å². The molecule has 6 heteroatoms. The molecule has 2 N–H and O–H groups in total. The third-order valence-electron chi connectivity index (χ3n) is 4.40. The molecule has 0 saturated carbocycles. The molecule has 6 nitrogen and oxygen atoms in total. The van der Waals surface area contributed by atoms with Gasteiger partial charge in [0, 0.05) is 0 Å². The lowest BCUT2D eigenvalue weighted by Gasteiger charge is -2.20. The standard InChI is InChI=1S/C21H25N3O3/c1-13(2)12-17(20-22-15-9-5-6-10-16(15)23-20)24-21(25)14-8-7-11-18(26-3)19(14)27-4/h5-11,13,17H,12H2,1-4H3,(H,22,23)(H,24,25). The van der Waals surface area contributed by atoms with Gasteiger partial charge in [-0.2, -0.15) is 0 Å². The molecule has 0 spiro atoms. The summed E-state index contributed by atoms with van der Waals surface area (Å²) in [6.45, 7) is 4.24. The molecule has 1 aromatic heterocycles. The van der Waals surface area contributed by atoms with E-state index in [4.69, 9.17) is 9.47 Å². The van der Waals surface area contributed by atoms with Crippen molar-refractivity contribution in [3.8, 4) is 11.5 Å². The number of amides is 1. The molecule has 0 bridgehead atoms. The van der Waals surface area contributed by atoms with E-state index >= 15 is 0 Å². The largest absolute Gasteiger partial charge is 0.493 e. The van der Waals surface area contributed by atoms with Crippen LogP contribution in [0.1, 0.15) is 42.5 Å². The Labute approximate surface area is 158 Å². The van der Waals surface area contributed by atoms with E-state index in [0.29, 0.717) is 23.0 Å². The number of carbonyl (C=O) groups is 1. The van der Waals surface area contributed by atoms with Crippen LogP contribution in [-0.2, 0) is 0 Å². The van der Waals surface area contributed by atoms with Gasteiger partial charge in [-0.05, 0) is 36.6 Å². The molecule has 0 saturated heterocycles. The molecule has 0 aliphatic heterocycles. The van der Waals surface area contributed by atoms with Crippen LogP contribution in [0.25, 0.3) is 11.0 Å². The van der Waals surface area contributed by atoms with E-state index in [1.807, 2.05) is 24.3 Å². The highest BCUT2D eigenvalue weighted by Crippen LogP contribution is 2.31. The molecule has 0 radical (unpaired) electrons. The van der Waals surface area contributed by atoms with Gasteiger partial charge < -0.3 is 19.8 Å². The number of benzene rings is 2. The summed E-state index contributed by atoms with van der Waals surface area (Å²) < 4.78 is 10.7. The minimum atomic E-state index is -0.235. The van der Waals surface area contributed by atoms with Crippen molar-refractivity contribution in [1.29, 1.82) is 0 Å². The maximum absolute atomic E-state index is 13.0. The van der Waals surface area contributed by atoms with Crippen molar-refractivity contribution < 1.29 is 14.3 Å². The summed E-state index contributed by atoms with van der Waals surface area (Å²) in [6.07, 6.45) is 0.762. The van der Waals surface area contributed by atoms with Crippen LogP contribution in [0.4, 0.5) is 0 Å². The smallest absolute Gasteiger partial charge is 0.255 e. The molecule has 3 aromatic rings. The normalized spacial score (nSPS) is 12.2. The number of aromatic nitrogens is 2. The van der Waals surface area contributed by atoms with E-state index in [2.05, 4.69) is 29.1 Å². The monoisotopic (exact) mass is 367 g/mol. The molecule has 0 aliphatic rings. The van der Waals surface area contributed by atoms with Gasteiger partial charge in [0.15, 0.2) is 11.5 Å². The number of H-pyrrole nitrogens is 1. The molecule has 3 rings (SSSR count). The summed E-state index contributed by atoms with van der Waals surface area (Å²) in [5.41, 5.74) is 2.27. The van der Waals surface area contributed by atoms with Crippen LogP contribution in [-0.4, -0.2) is 30.1 Å². The molecule has 0 fully saturated rings. The van der Waals surface area contributed by atoms with Gasteiger partial charge >= 0.3 is 0 Å². The van der Waals surface area contributed by atoms with Crippen molar-refractivity contribution in [2.24, 2.45) is 5.92 Å². The molecule has 27 heavy (non-hydrogen) atoms. The predicted molar refractivity (Wildman–Crippen MR) is 105 cm³/mol. The Morgan fingerprint density at radius 3 is 2.56 bits per heavy atom. The fourth-order valence-corrected chi connectivity index (χ4v) is 3.15. The number of ether oxygens (including phenoxy) is 2. The second-order valence-electron chi connectivity index (χ2n) is 6.84. The van der Waals surface area contributed by atoms with Crippen molar-refractivity contribution >= 4 is 16.9 Å². The number of hydrogen-bond donors (Lipinski definition) is 2. The summed E-state index contributed by atoms with van der Waals surface area (Å²) in [7, 11) is 3.08. The van der Waals surface area contributed by atoms with Crippen molar-refractivity contribution in [1.82, 2.24) is 15.3 Å². The third kappa shape index (κ3) is 4.05. The number of methoxy groups -OCH3 is 2. The zero-order valence-corrected chi connectivity index (χ0v) is 16.1. The Bertz CT molecular complexity index is 900. The van der Waals surface area contributed by atoms with Gasteiger partial charge in [0.1, 0.15) is 5.82 Å². The molecule has 0 aliphatic carbocycles. The number of para-hydroxylation sites is 3. The fraction of sp³-hybridized carbons (Fsp3) is 0.333. The Hall–Kier alpha value is -3.02. The Morgan fingerprint density at radius 1 is 1.11 bits per heavy atom. The van der Waals surface area contributed by atoms with Crippen LogP contribution >= 0.6 is 0 Å². The molecule has 1 atom stereocenters. The van der Waals surface area contributed by atoms with E-state index in [-0.39, 0.29) is 11.9 Å². The third-order valence-corrected chi connectivity index (χ3v) is 4.40. The van der Waals surface area contributed by atoms with E-state index < -0.39 is 0 Å². The van der Waals surface area contributed by atoms with Crippen LogP contribution < -0.4 is 14.8 Å². The second-order valence-corrected chi connectivity index (χ2v) is 6.84. The fourth-order valence-electron chi connectivity index (χ4n) is 3.15. The van der Waals surface area contributed by atoms with Crippen LogP contribution in [0.15, 0.2) is 42.5 Å². The van der Waals surface area contributed by atoms with Crippen molar-refractivity contribution in [2.75, 3.05) is 14.2 Å². The zero-order chi connectivity index (χ0) is 19.4. The minimum absolute atomic E-state index is 0.225. The SMILES string of the molecule is COc1cccc(C(=O)NC(CC(C)C)c2nc3ccccc3[nH]2)c1OC. The quantitative estimate of drug-likeness (QED) is 0.659. The van der Waals surface area contributed by atoms with Crippen LogP contribution in [0.5, 0.6) is 11.5 Å². The highest BCUT2D eigenvalue weighted by Gasteiger charge is 2.23. The molecule has 142 valence electrons. The summed E-state index contributed by atoms with van der Waals surface area (Å²) in [5.74, 6) is 1.85. The maximum atomic E-state index is 13.0. The van der Waals surface area contributed by atoms with Crippen LogP contribution in [0, 0.1) is 5.92 Å². The maximum Gasteiger partial charge on any atom is 0.255 e. The Morgan fingerprint density at radius 2 is 1.89 bits per heavy atom. The number of imidazole rings is 1. The number of hydrogen-bond acceptors (Lipinski definition) is 4. The van der Waals surface area contributed by atoms with Gasteiger partial charge in [0.2, 0.25) is 0 Å². The molecule has 1 amide bonds. The summed E-state index contributed by atoms with van der Waals surface area (Å²) in [5, 5.41) is 3.10. The highest BCUT2D eigenvalue weighted by atomic mass is 16.5. The topological polar surface area (TPSA) is 76.2 Å². The Kier molecular flexibility index (Phi) is 5.64. The number of rotatable bonds is 7. The minimum Gasteiger partial charge on any atom is -0.493 e. The summed E-state index contributed by atoms with van der Waals surface area (Å²) >= 11 is 0. The molecular weight excluding hydrogens is 342 g/mol. The van der Waals surface area contributed by atoms with E-state index in [9.17, 15) is 4.79 Å². The lowest BCUT2D eigenvalue weighted by Crippen LogP contribution is -2.30. The predicted octanol–water partition coefficient (Wildman–Crippen LogP) is 4.10. The molecule has 1 heterocycles. The number of aromatic amines is 1. The van der Waals surface area contributed by atoms with Crippen LogP contribution in [0.3, 0.4) is 0 Å². The van der Waals surface area contributed by atoms with E-state index in [1.54, 1.807) is 25.3 Å². The first-order valence-corrected chi connectivity index (χ1v) is 9.00. The van der Waals surface area contributed by atoms with Gasteiger partial charge in [-0.15, -0.1) is 0 Å². The Balaban J connectivity index is 1.92. The molecule has 1 unspecified atom stereocenters. The summed E-state index contributed by atoms with van der Waals surface area (Å²) in [6, 6.07) is 12.9. The first-order valence-electron chi connectivity index (χ1n) is 9.00. The first-order chi connectivity index (χ1) is 13.0. The zero-order valence-electron chi connectivity index (χ0n) is 16.1. The number of carbonyl (C=O) groups excluding carboxylic acids is 1. The number of nitrogens with zero attached hydrogens (tertiary/aromatic N) is 1. The van der Waals surface area contributed by atoms with Gasteiger partial charge in [-0.1, -0.05) is 32.0 Å². The lowest BCUT2D eigenvalue weighted by molar-refractivity contribution is 0.0926. The van der Waals surface area contributed by atoms with Gasteiger partial charge in [0.05, 0.1) is 36.9 Å². The number of fused-ring (bicyclic) bond motifs is 1. The van der Waals surface area contributed by atoms with Crippen molar-refractivity contribution in [3.63, 3.8) is 0 Å². The van der Waals surface area contributed by atoms with Crippen LogP contribution in [0.2, 0.25) is 0 Å². The van der Waals surface area contributed by atoms with Crippen molar-refractivity contribution in [2.45, 2.75) is 26.3 Å². The van der Waals surface area contributed by atoms with Crippen molar-refractivity contribution in [3.05, 3.63) is 53.9 Å². The van der Waals surface area contributed by atoms with E-state index in [1.165, 1.54) is 7.11 Å². The first kappa shape index (κ1) is 18.8. The molecular formula is C21H25N3O3.